The Balaban J connectivity index is 1.18. The minimum absolute atomic E-state index is 0.0222. The summed E-state index contributed by atoms with van der Waals surface area (Å²) in [4.78, 5) is 69.8. The van der Waals surface area contributed by atoms with Gasteiger partial charge in [0, 0.05) is 18.4 Å². The van der Waals surface area contributed by atoms with E-state index in [-0.39, 0.29) is 37.5 Å². The van der Waals surface area contributed by atoms with Crippen LogP contribution >= 0.6 is 11.3 Å². The van der Waals surface area contributed by atoms with Gasteiger partial charge in [0.15, 0.2) is 5.82 Å². The molecule has 53 heavy (non-hydrogen) atoms. The Morgan fingerprint density at radius 1 is 1.04 bits per heavy atom. The summed E-state index contributed by atoms with van der Waals surface area (Å²) in [7, 11) is 0. The third-order valence-corrected chi connectivity index (χ3v) is 11.3. The molecule has 5 atom stereocenters. The maximum atomic E-state index is 14.5. The standard InChI is InChI=1S/C38H47N7O7S/c1-22(2)39-30-16-10-15-27(40-30)32-41-26-17-18-53-31(26)34(43-32)51-25-19-29-33(46)44-38(36(48)49)20-23(38)11-6-4-3-5-7-14-28(35(47)45(29)21-25)42-37(50)52-24-12-8-9-13-24/h6,10-11,15-18,22-25,28-29H,3-5,7-9,12-14,19-21H2,1-2H3,(H,39,40)(H,42,50)(H,44,46)(H,48,49)/b11-6-/t23-,25-,28+,29+,38-/m1/s1. The second kappa shape index (κ2) is 15.7. The molecule has 3 fully saturated rings. The summed E-state index contributed by atoms with van der Waals surface area (Å²) in [6.07, 6.45) is 9.70. The van der Waals surface area contributed by atoms with Gasteiger partial charge >= 0.3 is 12.1 Å². The molecule has 0 bridgehead atoms. The number of carbonyl (C=O) groups excluding carboxylic acids is 3. The van der Waals surface area contributed by atoms with Crippen molar-refractivity contribution in [1.29, 1.82) is 0 Å². The number of anilines is 1. The summed E-state index contributed by atoms with van der Waals surface area (Å²) in [5, 5.41) is 21.0. The number of aromatic nitrogens is 3. The molecule has 2 saturated carbocycles. The third-order valence-electron chi connectivity index (χ3n) is 10.5. The highest BCUT2D eigenvalue weighted by atomic mass is 32.1. The molecular formula is C38H47N7O7S. The number of hydrogen-bond donors (Lipinski definition) is 4. The number of allylic oxidation sites excluding steroid dienone is 1. The van der Waals surface area contributed by atoms with Gasteiger partial charge in [-0.15, -0.1) is 11.3 Å². The van der Waals surface area contributed by atoms with Gasteiger partial charge in [-0.05, 0) is 88.8 Å². The quantitative estimate of drug-likeness (QED) is 0.215. The number of carboxylic acid groups (broad SMARTS) is 1. The number of nitrogens with one attached hydrogen (secondary N) is 3. The average Bonchev–Trinajstić information content (AvgIpc) is 3.57. The van der Waals surface area contributed by atoms with E-state index >= 15 is 0 Å². The van der Waals surface area contributed by atoms with E-state index < -0.39 is 47.6 Å². The van der Waals surface area contributed by atoms with Gasteiger partial charge in [-0.25, -0.2) is 19.6 Å². The number of rotatable bonds is 8. The lowest BCUT2D eigenvalue weighted by Crippen LogP contribution is -2.56. The normalized spacial score (nSPS) is 27.3. The maximum absolute atomic E-state index is 14.5. The van der Waals surface area contributed by atoms with Crippen molar-refractivity contribution in [1.82, 2.24) is 30.5 Å². The maximum Gasteiger partial charge on any atom is 0.408 e. The summed E-state index contributed by atoms with van der Waals surface area (Å²) < 4.78 is 12.9. The topological polar surface area (TPSA) is 185 Å². The predicted octanol–water partition coefficient (Wildman–Crippen LogP) is 5.44. The van der Waals surface area contributed by atoms with Gasteiger partial charge in [-0.3, -0.25) is 9.59 Å². The molecule has 4 aliphatic rings. The van der Waals surface area contributed by atoms with Crippen molar-refractivity contribution in [2.45, 2.75) is 120 Å². The molecule has 14 nitrogen and oxygen atoms in total. The van der Waals surface area contributed by atoms with E-state index in [1.807, 2.05) is 55.6 Å². The first-order valence-electron chi connectivity index (χ1n) is 18.7. The number of alkyl carbamates (subject to hydrolysis) is 1. The van der Waals surface area contributed by atoms with E-state index in [2.05, 4.69) is 16.0 Å². The van der Waals surface area contributed by atoms with Crippen LogP contribution in [0.3, 0.4) is 0 Å². The number of pyridine rings is 1. The molecule has 5 heterocycles. The summed E-state index contributed by atoms with van der Waals surface area (Å²) in [6, 6.07) is 5.63. The van der Waals surface area contributed by atoms with Crippen LogP contribution in [0.4, 0.5) is 10.6 Å². The van der Waals surface area contributed by atoms with Crippen LogP contribution < -0.4 is 20.7 Å². The fourth-order valence-corrected chi connectivity index (χ4v) is 8.37. The van der Waals surface area contributed by atoms with E-state index in [1.165, 1.54) is 16.2 Å². The minimum atomic E-state index is -1.44. The first kappa shape index (κ1) is 36.6. The summed E-state index contributed by atoms with van der Waals surface area (Å²) >= 11 is 1.41. The van der Waals surface area contributed by atoms with Crippen molar-refractivity contribution in [3.63, 3.8) is 0 Å². The zero-order valence-corrected chi connectivity index (χ0v) is 30.9. The van der Waals surface area contributed by atoms with Gasteiger partial charge in [0.25, 0.3) is 0 Å². The molecule has 7 rings (SSSR count). The summed E-state index contributed by atoms with van der Waals surface area (Å²) in [5.74, 6) is -1.13. The molecule has 0 unspecified atom stereocenters. The number of hydrogen-bond acceptors (Lipinski definition) is 11. The smallest absolute Gasteiger partial charge is 0.408 e. The number of aliphatic carboxylic acids is 1. The van der Waals surface area contributed by atoms with Crippen LogP contribution in [0.15, 0.2) is 41.8 Å². The van der Waals surface area contributed by atoms with Crippen LogP contribution in [-0.4, -0.2) is 91.3 Å². The number of carboxylic acids is 1. The lowest BCUT2D eigenvalue weighted by atomic mass is 10.0. The fraction of sp³-hybridized carbons (Fsp3) is 0.553. The van der Waals surface area contributed by atoms with Crippen LogP contribution in [0.5, 0.6) is 5.88 Å². The van der Waals surface area contributed by atoms with E-state index in [1.54, 1.807) is 0 Å². The fourth-order valence-electron chi connectivity index (χ4n) is 7.61. The van der Waals surface area contributed by atoms with Gasteiger partial charge in [0.2, 0.25) is 17.7 Å². The molecule has 4 N–H and O–H groups in total. The summed E-state index contributed by atoms with van der Waals surface area (Å²) in [5.41, 5.74) is -0.226. The van der Waals surface area contributed by atoms with Crippen LogP contribution in [0.25, 0.3) is 21.7 Å². The molecule has 282 valence electrons. The second-order valence-corrected chi connectivity index (χ2v) is 15.7. The van der Waals surface area contributed by atoms with Crippen LogP contribution in [0, 0.1) is 5.92 Å². The van der Waals surface area contributed by atoms with Crippen LogP contribution in [0.2, 0.25) is 0 Å². The van der Waals surface area contributed by atoms with E-state index in [9.17, 15) is 24.3 Å². The Hall–Kier alpha value is -4.79. The summed E-state index contributed by atoms with van der Waals surface area (Å²) in [6.45, 7) is 4.07. The number of fused-ring (bicyclic) bond motifs is 3. The van der Waals surface area contributed by atoms with Gasteiger partial charge in [-0.1, -0.05) is 31.1 Å². The van der Waals surface area contributed by atoms with E-state index in [0.717, 1.165) is 44.9 Å². The Bertz CT molecular complexity index is 1880. The number of amides is 3. The number of ether oxygens (including phenoxy) is 2. The predicted molar refractivity (Wildman–Crippen MR) is 198 cm³/mol. The Labute approximate surface area is 312 Å². The molecule has 1 saturated heterocycles. The molecular weight excluding hydrogens is 699 g/mol. The first-order chi connectivity index (χ1) is 25.6. The van der Waals surface area contributed by atoms with Crippen LogP contribution in [-0.2, 0) is 19.1 Å². The molecule has 3 aromatic rings. The lowest BCUT2D eigenvalue weighted by molar-refractivity contribution is -0.145. The van der Waals surface area contributed by atoms with E-state index in [0.29, 0.717) is 46.3 Å². The minimum Gasteiger partial charge on any atom is -0.479 e. The van der Waals surface area contributed by atoms with Crippen molar-refractivity contribution in [2.24, 2.45) is 5.92 Å². The van der Waals surface area contributed by atoms with Crippen molar-refractivity contribution >= 4 is 51.2 Å². The molecule has 0 aromatic carbocycles. The van der Waals surface area contributed by atoms with Crippen molar-refractivity contribution in [3.05, 3.63) is 41.8 Å². The van der Waals surface area contributed by atoms with Gasteiger partial charge in [-0.2, -0.15) is 4.98 Å². The van der Waals surface area contributed by atoms with Crippen molar-refractivity contribution in [2.75, 3.05) is 11.9 Å². The van der Waals surface area contributed by atoms with Crippen molar-refractivity contribution < 1.29 is 33.8 Å². The molecule has 3 amide bonds. The highest BCUT2D eigenvalue weighted by molar-refractivity contribution is 7.17. The van der Waals surface area contributed by atoms with E-state index in [4.69, 9.17) is 24.4 Å². The first-order valence-corrected chi connectivity index (χ1v) is 19.6. The molecule has 2 aliphatic carbocycles. The molecule has 0 radical (unpaired) electrons. The molecule has 3 aromatic heterocycles. The zero-order chi connectivity index (χ0) is 37.1. The Morgan fingerprint density at radius 3 is 2.64 bits per heavy atom. The number of nitrogens with zero attached hydrogens (tertiary/aromatic N) is 4. The van der Waals surface area contributed by atoms with Gasteiger partial charge in [0.1, 0.15) is 46.0 Å². The monoisotopic (exact) mass is 745 g/mol. The SMILES string of the molecule is CC(C)Nc1cccc(-c2nc(O[C@@H]3C[C@H]4C(=O)N[C@]5(C(=O)O)C[C@H]5/C=C\CCCCC[C@H](NC(=O)OC5CCCC5)C(=O)N4C3)c3sccc3n2)n1. The van der Waals surface area contributed by atoms with Crippen LogP contribution in [0.1, 0.15) is 84.5 Å². The van der Waals surface area contributed by atoms with Crippen molar-refractivity contribution in [3.8, 4) is 17.4 Å². The third kappa shape index (κ3) is 8.24. The highest BCUT2D eigenvalue weighted by Crippen LogP contribution is 2.45. The molecule has 0 spiro atoms. The Kier molecular flexibility index (Phi) is 10.8. The lowest BCUT2D eigenvalue weighted by Gasteiger charge is -2.29. The molecule has 2 aliphatic heterocycles. The molecule has 15 heteroatoms. The zero-order valence-electron chi connectivity index (χ0n) is 30.1. The van der Waals surface area contributed by atoms with Gasteiger partial charge in [0.05, 0.1) is 12.1 Å². The average molecular weight is 746 g/mol. The highest BCUT2D eigenvalue weighted by Gasteiger charge is 2.61. The van der Waals surface area contributed by atoms with Gasteiger partial charge < -0.3 is 35.4 Å². The largest absolute Gasteiger partial charge is 0.479 e. The number of carbonyl (C=O) groups is 4. The second-order valence-electron chi connectivity index (χ2n) is 14.8. The number of thiophene rings is 1. The Morgan fingerprint density at radius 2 is 1.85 bits per heavy atom.